The first-order chi connectivity index (χ1) is 7.27. The van der Waals surface area contributed by atoms with E-state index in [1.54, 1.807) is 22.7 Å². The number of halogens is 1. The molecule has 1 nitrogen and oxygen atoms in total. The van der Waals surface area contributed by atoms with Gasteiger partial charge < -0.3 is 5.11 Å². The first kappa shape index (κ1) is 11.3. The number of hydrogen-bond donors (Lipinski definition) is 1. The van der Waals surface area contributed by atoms with E-state index in [1.807, 2.05) is 11.4 Å². The van der Waals surface area contributed by atoms with Crippen LogP contribution in [-0.2, 0) is 6.42 Å². The molecule has 0 bridgehead atoms. The smallest absolute Gasteiger partial charge is 0.0896 e. The van der Waals surface area contributed by atoms with Crippen LogP contribution >= 0.6 is 38.6 Å². The van der Waals surface area contributed by atoms with Crippen molar-refractivity contribution >= 4 is 38.6 Å². The van der Waals surface area contributed by atoms with Gasteiger partial charge in [0.1, 0.15) is 0 Å². The van der Waals surface area contributed by atoms with Gasteiger partial charge in [0, 0.05) is 9.35 Å². The van der Waals surface area contributed by atoms with E-state index in [-0.39, 0.29) is 6.10 Å². The highest BCUT2D eigenvalue weighted by Gasteiger charge is 2.12. The van der Waals surface area contributed by atoms with Crippen LogP contribution in [0.2, 0.25) is 0 Å². The Labute approximate surface area is 106 Å². The topological polar surface area (TPSA) is 20.2 Å². The summed E-state index contributed by atoms with van der Waals surface area (Å²) in [6.07, 6.45) is 1.38. The van der Waals surface area contributed by atoms with E-state index in [1.165, 1.54) is 5.56 Å². The van der Waals surface area contributed by atoms with Gasteiger partial charge in [0.15, 0.2) is 0 Å². The van der Waals surface area contributed by atoms with Gasteiger partial charge in [-0.25, -0.2) is 0 Å². The third-order valence-electron chi connectivity index (χ3n) is 2.23. The highest BCUT2D eigenvalue weighted by Crippen LogP contribution is 2.31. The van der Waals surface area contributed by atoms with Crippen LogP contribution in [0, 0.1) is 0 Å². The van der Waals surface area contributed by atoms with Crippen LogP contribution in [0.1, 0.15) is 23.0 Å². The zero-order valence-corrected chi connectivity index (χ0v) is 11.2. The van der Waals surface area contributed by atoms with Gasteiger partial charge in [-0.3, -0.25) is 0 Å². The second-order valence-electron chi connectivity index (χ2n) is 3.32. The van der Waals surface area contributed by atoms with Crippen molar-refractivity contribution < 1.29 is 5.11 Å². The summed E-state index contributed by atoms with van der Waals surface area (Å²) in [5.41, 5.74) is 1.31. The van der Waals surface area contributed by atoms with Crippen LogP contribution in [0.4, 0.5) is 0 Å². The lowest BCUT2D eigenvalue weighted by atomic mass is 10.1. The number of hydrogen-bond acceptors (Lipinski definition) is 3. The Bertz CT molecular complexity index is 408. The molecule has 0 amide bonds. The number of aryl methyl sites for hydroxylation is 1. The fourth-order valence-corrected chi connectivity index (χ4v) is 3.77. The summed E-state index contributed by atoms with van der Waals surface area (Å²) in [6, 6.07) is 4.09. The first-order valence-electron chi connectivity index (χ1n) is 4.69. The van der Waals surface area contributed by atoms with Gasteiger partial charge in [-0.05, 0) is 62.6 Å². The minimum absolute atomic E-state index is 0.348. The van der Waals surface area contributed by atoms with Gasteiger partial charge >= 0.3 is 0 Å². The second-order valence-corrected chi connectivity index (χ2v) is 5.90. The van der Waals surface area contributed by atoms with Crippen molar-refractivity contribution in [2.75, 3.05) is 0 Å². The molecule has 15 heavy (non-hydrogen) atoms. The van der Waals surface area contributed by atoms with E-state index in [2.05, 4.69) is 32.8 Å². The first-order valence-corrected chi connectivity index (χ1v) is 7.31. The van der Waals surface area contributed by atoms with Crippen LogP contribution in [0.5, 0.6) is 0 Å². The average molecular weight is 303 g/mol. The van der Waals surface area contributed by atoms with E-state index in [0.717, 1.165) is 22.2 Å². The van der Waals surface area contributed by atoms with Gasteiger partial charge in [0.2, 0.25) is 0 Å². The highest BCUT2D eigenvalue weighted by atomic mass is 79.9. The standard InChI is InChI=1S/C11H11BrOS2/c12-9-4-6-15-11(9)10(13)2-1-8-3-5-14-7-8/h3-7,10,13H,1-2H2. The van der Waals surface area contributed by atoms with Gasteiger partial charge in [-0.15, -0.1) is 11.3 Å². The zero-order valence-electron chi connectivity index (χ0n) is 8.02. The quantitative estimate of drug-likeness (QED) is 0.896. The SMILES string of the molecule is OC(CCc1ccsc1)c1sccc1Br. The molecule has 2 rings (SSSR count). The number of aliphatic hydroxyl groups is 1. The molecule has 2 aromatic heterocycles. The Morgan fingerprint density at radius 2 is 2.20 bits per heavy atom. The largest absolute Gasteiger partial charge is 0.388 e. The molecule has 2 aromatic rings. The molecule has 1 atom stereocenters. The Morgan fingerprint density at radius 3 is 2.80 bits per heavy atom. The maximum absolute atomic E-state index is 9.97. The molecule has 1 N–H and O–H groups in total. The fraction of sp³-hybridized carbons (Fsp3) is 0.273. The maximum atomic E-state index is 9.97. The van der Waals surface area contributed by atoms with E-state index in [9.17, 15) is 5.11 Å². The maximum Gasteiger partial charge on any atom is 0.0896 e. The lowest BCUT2D eigenvalue weighted by Crippen LogP contribution is -1.97. The molecule has 0 spiro atoms. The summed E-state index contributed by atoms with van der Waals surface area (Å²) >= 11 is 6.74. The van der Waals surface area contributed by atoms with Crippen molar-refractivity contribution in [2.45, 2.75) is 18.9 Å². The summed E-state index contributed by atoms with van der Waals surface area (Å²) in [7, 11) is 0. The average Bonchev–Trinajstić information content (AvgIpc) is 2.84. The molecule has 0 saturated heterocycles. The molecule has 0 fully saturated rings. The van der Waals surface area contributed by atoms with E-state index in [4.69, 9.17) is 0 Å². The molecule has 0 aliphatic rings. The van der Waals surface area contributed by atoms with Crippen molar-refractivity contribution in [3.05, 3.63) is 43.2 Å². The zero-order chi connectivity index (χ0) is 10.7. The Kier molecular flexibility index (Phi) is 3.97. The highest BCUT2D eigenvalue weighted by molar-refractivity contribution is 9.10. The number of rotatable bonds is 4. The van der Waals surface area contributed by atoms with Crippen molar-refractivity contribution in [2.24, 2.45) is 0 Å². The van der Waals surface area contributed by atoms with Gasteiger partial charge in [0.25, 0.3) is 0 Å². The van der Waals surface area contributed by atoms with Crippen molar-refractivity contribution in [3.63, 3.8) is 0 Å². The molecular weight excluding hydrogens is 292 g/mol. The predicted octanol–water partition coefficient (Wildman–Crippen LogP) is 4.24. The van der Waals surface area contributed by atoms with E-state index < -0.39 is 0 Å². The van der Waals surface area contributed by atoms with Crippen LogP contribution in [0.25, 0.3) is 0 Å². The second kappa shape index (κ2) is 5.25. The van der Waals surface area contributed by atoms with Crippen LogP contribution in [0.15, 0.2) is 32.7 Å². The fourth-order valence-electron chi connectivity index (χ4n) is 1.41. The molecule has 2 heterocycles. The molecule has 0 aliphatic heterocycles. The molecule has 1 unspecified atom stereocenters. The molecule has 4 heteroatoms. The molecule has 0 aliphatic carbocycles. The Balaban J connectivity index is 1.93. The normalized spacial score (nSPS) is 12.9. The molecule has 80 valence electrons. The Hall–Kier alpha value is -0.160. The summed E-state index contributed by atoms with van der Waals surface area (Å²) in [6.45, 7) is 0. The molecule has 0 aromatic carbocycles. The van der Waals surface area contributed by atoms with Crippen LogP contribution in [-0.4, -0.2) is 5.11 Å². The predicted molar refractivity (Wildman–Crippen MR) is 69.6 cm³/mol. The van der Waals surface area contributed by atoms with Crippen LogP contribution < -0.4 is 0 Å². The molecular formula is C11H11BrOS2. The van der Waals surface area contributed by atoms with Crippen molar-refractivity contribution in [1.82, 2.24) is 0 Å². The molecule has 0 saturated carbocycles. The third kappa shape index (κ3) is 2.91. The van der Waals surface area contributed by atoms with E-state index in [0.29, 0.717) is 0 Å². The van der Waals surface area contributed by atoms with Gasteiger partial charge in [-0.2, -0.15) is 11.3 Å². The lowest BCUT2D eigenvalue weighted by molar-refractivity contribution is 0.171. The number of thiophene rings is 2. The lowest BCUT2D eigenvalue weighted by Gasteiger charge is -2.08. The summed E-state index contributed by atoms with van der Waals surface area (Å²) in [5, 5.41) is 16.2. The summed E-state index contributed by atoms with van der Waals surface area (Å²) < 4.78 is 1.02. The van der Waals surface area contributed by atoms with Crippen molar-refractivity contribution in [1.29, 1.82) is 0 Å². The summed E-state index contributed by atoms with van der Waals surface area (Å²) in [4.78, 5) is 1.03. The monoisotopic (exact) mass is 302 g/mol. The van der Waals surface area contributed by atoms with Crippen molar-refractivity contribution in [3.8, 4) is 0 Å². The third-order valence-corrected chi connectivity index (χ3v) is 4.94. The summed E-state index contributed by atoms with van der Waals surface area (Å²) in [5.74, 6) is 0. The Morgan fingerprint density at radius 1 is 1.33 bits per heavy atom. The number of aliphatic hydroxyl groups excluding tert-OH is 1. The van der Waals surface area contributed by atoms with E-state index >= 15 is 0 Å². The molecule has 0 radical (unpaired) electrons. The minimum atomic E-state index is -0.348. The van der Waals surface area contributed by atoms with Gasteiger partial charge in [-0.1, -0.05) is 0 Å². The minimum Gasteiger partial charge on any atom is -0.388 e. The van der Waals surface area contributed by atoms with Crippen LogP contribution in [0.3, 0.4) is 0 Å². The van der Waals surface area contributed by atoms with Gasteiger partial charge in [0.05, 0.1) is 6.10 Å².